The van der Waals surface area contributed by atoms with E-state index < -0.39 is 0 Å². The van der Waals surface area contributed by atoms with Gasteiger partial charge in [-0.25, -0.2) is 0 Å². The minimum atomic E-state index is 0.0605. The number of amides is 1. The van der Waals surface area contributed by atoms with Crippen molar-refractivity contribution >= 4 is 17.7 Å². The smallest absolute Gasteiger partial charge is 0.240 e. The van der Waals surface area contributed by atoms with E-state index in [1.807, 2.05) is 11.8 Å². The molecule has 1 amide bonds. The lowest BCUT2D eigenvalue weighted by molar-refractivity contribution is -0.129. The Kier molecular flexibility index (Phi) is 4.59. The van der Waals surface area contributed by atoms with Gasteiger partial charge in [0.25, 0.3) is 0 Å². The van der Waals surface area contributed by atoms with E-state index in [2.05, 4.69) is 30.3 Å². The number of carbonyl (C=O) groups is 1. The largest absolute Gasteiger partial charge is 0.327 e. The van der Waals surface area contributed by atoms with Gasteiger partial charge in [-0.15, -0.1) is 0 Å². The van der Waals surface area contributed by atoms with Gasteiger partial charge in [0, 0.05) is 11.3 Å². The fraction of sp³-hybridized carbons (Fsp3) is 0.929. The molecule has 1 aliphatic carbocycles. The lowest BCUT2D eigenvalue weighted by Gasteiger charge is -2.31. The van der Waals surface area contributed by atoms with Crippen molar-refractivity contribution < 1.29 is 4.79 Å². The average molecular weight is 270 g/mol. The predicted octanol–water partition coefficient (Wildman–Crippen LogP) is 2.47. The van der Waals surface area contributed by atoms with Gasteiger partial charge < -0.3 is 4.90 Å². The van der Waals surface area contributed by atoms with Gasteiger partial charge in [-0.1, -0.05) is 26.7 Å². The second-order valence-corrected chi connectivity index (χ2v) is 7.45. The second kappa shape index (κ2) is 5.83. The number of thioether (sulfide) groups is 1. The van der Waals surface area contributed by atoms with E-state index in [4.69, 9.17) is 0 Å². The number of hydrogen-bond donors (Lipinski definition) is 1. The van der Waals surface area contributed by atoms with Crippen LogP contribution in [-0.2, 0) is 4.79 Å². The maximum absolute atomic E-state index is 12.3. The molecule has 0 aromatic heterocycles. The molecule has 4 heteroatoms. The molecule has 1 N–H and O–H groups in total. The summed E-state index contributed by atoms with van der Waals surface area (Å²) < 4.78 is 0.337. The van der Waals surface area contributed by atoms with Crippen molar-refractivity contribution in [3.63, 3.8) is 0 Å². The van der Waals surface area contributed by atoms with E-state index in [0.29, 0.717) is 16.6 Å². The van der Waals surface area contributed by atoms with E-state index >= 15 is 0 Å². The first-order chi connectivity index (χ1) is 8.56. The highest BCUT2D eigenvalue weighted by Crippen LogP contribution is 2.41. The van der Waals surface area contributed by atoms with Crippen molar-refractivity contribution in [1.29, 1.82) is 0 Å². The molecule has 0 radical (unpaired) electrons. The summed E-state index contributed by atoms with van der Waals surface area (Å²) in [5, 5.41) is 3.37. The molecule has 1 unspecified atom stereocenters. The highest BCUT2D eigenvalue weighted by atomic mass is 32.2. The van der Waals surface area contributed by atoms with Gasteiger partial charge in [0.2, 0.25) is 5.91 Å². The van der Waals surface area contributed by atoms with E-state index in [1.54, 1.807) is 0 Å². The number of nitrogens with zero attached hydrogens (tertiary/aromatic N) is 1. The molecule has 3 nitrogen and oxygen atoms in total. The fourth-order valence-corrected chi connectivity index (χ4v) is 4.17. The molecule has 2 fully saturated rings. The summed E-state index contributed by atoms with van der Waals surface area (Å²) in [5.74, 6) is 0.899. The molecule has 104 valence electrons. The first kappa shape index (κ1) is 14.2. The van der Waals surface area contributed by atoms with E-state index in [-0.39, 0.29) is 6.04 Å². The van der Waals surface area contributed by atoms with Crippen LogP contribution in [0.4, 0.5) is 0 Å². The third kappa shape index (κ3) is 3.02. The molecule has 18 heavy (non-hydrogen) atoms. The Hall–Kier alpha value is -0.220. The molecule has 0 aromatic carbocycles. The zero-order valence-corrected chi connectivity index (χ0v) is 12.7. The van der Waals surface area contributed by atoms with Crippen LogP contribution in [0, 0.1) is 5.92 Å². The van der Waals surface area contributed by atoms with Crippen LogP contribution in [0.2, 0.25) is 0 Å². The minimum Gasteiger partial charge on any atom is -0.327 e. The van der Waals surface area contributed by atoms with E-state index in [0.717, 1.165) is 19.6 Å². The van der Waals surface area contributed by atoms with Crippen LogP contribution in [0.5, 0.6) is 0 Å². The Morgan fingerprint density at radius 2 is 2.11 bits per heavy atom. The van der Waals surface area contributed by atoms with E-state index in [1.165, 1.54) is 25.7 Å². The minimum absolute atomic E-state index is 0.0605. The Balaban J connectivity index is 1.93. The van der Waals surface area contributed by atoms with Gasteiger partial charge in [0.1, 0.15) is 0 Å². The lowest BCUT2D eigenvalue weighted by atomic mass is 10.0. The zero-order valence-electron chi connectivity index (χ0n) is 11.9. The van der Waals surface area contributed by atoms with Crippen LogP contribution >= 0.6 is 11.8 Å². The first-order valence-corrected chi connectivity index (χ1v) is 8.36. The van der Waals surface area contributed by atoms with Crippen molar-refractivity contribution in [2.24, 2.45) is 5.92 Å². The average Bonchev–Trinajstić information content (AvgIpc) is 2.91. The van der Waals surface area contributed by atoms with E-state index in [9.17, 15) is 4.79 Å². The number of hydrogen-bond acceptors (Lipinski definition) is 3. The Bertz CT molecular complexity index is 300. The molecule has 0 aromatic rings. The normalized spacial score (nSPS) is 27.4. The maximum Gasteiger partial charge on any atom is 0.240 e. The lowest BCUT2D eigenvalue weighted by Crippen LogP contribution is -2.41. The second-order valence-electron chi connectivity index (χ2n) is 6.17. The molecule has 2 aliphatic rings. The van der Waals surface area contributed by atoms with Crippen LogP contribution in [0.3, 0.4) is 0 Å². The monoisotopic (exact) mass is 270 g/mol. The third-order valence-corrected chi connectivity index (χ3v) is 5.68. The van der Waals surface area contributed by atoms with Crippen molar-refractivity contribution in [1.82, 2.24) is 10.2 Å². The molecule has 0 spiro atoms. The molecular formula is C14H26N2OS. The highest BCUT2D eigenvalue weighted by molar-refractivity contribution is 8.00. The molecule has 1 atom stereocenters. The summed E-state index contributed by atoms with van der Waals surface area (Å²) >= 11 is 1.96. The maximum atomic E-state index is 12.3. The Morgan fingerprint density at radius 3 is 2.67 bits per heavy atom. The van der Waals surface area contributed by atoms with Crippen molar-refractivity contribution in [3.05, 3.63) is 0 Å². The van der Waals surface area contributed by atoms with Crippen LogP contribution in [0.25, 0.3) is 0 Å². The summed E-state index contributed by atoms with van der Waals surface area (Å²) in [4.78, 5) is 14.4. The molecule has 1 aliphatic heterocycles. The van der Waals surface area contributed by atoms with Gasteiger partial charge in [0.05, 0.1) is 12.7 Å². The van der Waals surface area contributed by atoms with Gasteiger partial charge >= 0.3 is 0 Å². The number of rotatable bonds is 5. The summed E-state index contributed by atoms with van der Waals surface area (Å²) in [6, 6.07) is 0.0605. The topological polar surface area (TPSA) is 32.3 Å². The van der Waals surface area contributed by atoms with Gasteiger partial charge in [-0.05, 0) is 31.4 Å². The molecule has 1 saturated carbocycles. The molecule has 1 heterocycles. The van der Waals surface area contributed by atoms with Crippen LogP contribution in [-0.4, -0.2) is 41.1 Å². The van der Waals surface area contributed by atoms with Gasteiger partial charge in [-0.3, -0.25) is 10.1 Å². The van der Waals surface area contributed by atoms with Crippen LogP contribution in [0.1, 0.15) is 46.0 Å². The van der Waals surface area contributed by atoms with Crippen molar-refractivity contribution in [2.45, 2.75) is 56.7 Å². The quantitative estimate of drug-likeness (QED) is 0.833. The Labute approximate surface area is 115 Å². The highest BCUT2D eigenvalue weighted by Gasteiger charge is 2.39. The summed E-state index contributed by atoms with van der Waals surface area (Å²) in [5.41, 5.74) is 0. The van der Waals surface area contributed by atoms with Gasteiger partial charge in [0.15, 0.2) is 0 Å². The molecule has 1 saturated heterocycles. The summed E-state index contributed by atoms with van der Waals surface area (Å²) in [6.07, 6.45) is 8.35. The standard InChI is InChI=1S/C14H26N2OS/c1-11(2)8-12-13(17)16(10-15-12)9-14(18-3)6-4-5-7-14/h11-12,15H,4-10H2,1-3H3. The van der Waals surface area contributed by atoms with Crippen molar-refractivity contribution in [3.8, 4) is 0 Å². The third-order valence-electron chi connectivity index (χ3n) is 4.27. The summed E-state index contributed by atoms with van der Waals surface area (Å²) in [7, 11) is 0. The first-order valence-electron chi connectivity index (χ1n) is 7.14. The van der Waals surface area contributed by atoms with Crippen LogP contribution < -0.4 is 5.32 Å². The SMILES string of the molecule is CSC1(CN2CNC(CC(C)C)C2=O)CCCC1. The predicted molar refractivity (Wildman–Crippen MR) is 77.7 cm³/mol. The fourth-order valence-electron chi connectivity index (χ4n) is 3.19. The molecule has 0 bridgehead atoms. The molecule has 2 rings (SSSR count). The van der Waals surface area contributed by atoms with Crippen molar-refractivity contribution in [2.75, 3.05) is 19.5 Å². The molecular weight excluding hydrogens is 244 g/mol. The number of carbonyl (C=O) groups excluding carboxylic acids is 1. The Morgan fingerprint density at radius 1 is 1.44 bits per heavy atom. The van der Waals surface area contributed by atoms with Crippen LogP contribution in [0.15, 0.2) is 0 Å². The summed E-state index contributed by atoms with van der Waals surface area (Å²) in [6.45, 7) is 6.04. The zero-order chi connectivity index (χ0) is 13.2. The number of nitrogens with one attached hydrogen (secondary N) is 1. The van der Waals surface area contributed by atoms with Gasteiger partial charge in [-0.2, -0.15) is 11.8 Å².